The first-order chi connectivity index (χ1) is 19.2. The number of pyridine rings is 2. The van der Waals surface area contributed by atoms with Crippen LogP contribution in [0.1, 0.15) is 0 Å². The zero-order chi connectivity index (χ0) is 26.0. The number of benzene rings is 5. The first-order valence-electron chi connectivity index (χ1n) is 13.0. The molecule has 1 unspecified atom stereocenters. The van der Waals surface area contributed by atoms with E-state index < -0.39 is 7.14 Å². The van der Waals surface area contributed by atoms with Crippen LogP contribution in [0.5, 0.6) is 0 Å². The average molecular weight is 520 g/mol. The van der Waals surface area contributed by atoms with E-state index in [0.29, 0.717) is 0 Å². The fourth-order valence-electron chi connectivity index (χ4n) is 6.04. The average Bonchev–Trinajstić information content (AvgIpc) is 3.41. The van der Waals surface area contributed by atoms with Gasteiger partial charge in [0.25, 0.3) is 0 Å². The van der Waals surface area contributed by atoms with Gasteiger partial charge in [0.15, 0.2) is 7.14 Å². The second kappa shape index (κ2) is 8.36. The molecular weight excluding hydrogens is 497 g/mol. The van der Waals surface area contributed by atoms with E-state index in [1.807, 2.05) is 60.7 Å². The van der Waals surface area contributed by atoms with Crippen molar-refractivity contribution in [2.75, 3.05) is 0 Å². The number of para-hydroxylation sites is 3. The Bertz CT molecular complexity index is 2210. The van der Waals surface area contributed by atoms with Gasteiger partial charge in [-0.15, -0.1) is 0 Å². The number of aromatic nitrogens is 3. The molecule has 5 aromatic carbocycles. The van der Waals surface area contributed by atoms with Crippen LogP contribution in [-0.2, 0) is 4.57 Å². The number of hydrogen-bond acceptors (Lipinski definition) is 3. The van der Waals surface area contributed by atoms with Crippen LogP contribution in [0.2, 0.25) is 0 Å². The van der Waals surface area contributed by atoms with Crippen molar-refractivity contribution in [2.24, 2.45) is 0 Å². The highest BCUT2D eigenvalue weighted by molar-refractivity contribution is 7.85. The van der Waals surface area contributed by atoms with Gasteiger partial charge in [-0.2, -0.15) is 0 Å². The molecule has 4 nitrogen and oxygen atoms in total. The predicted molar refractivity (Wildman–Crippen MR) is 162 cm³/mol. The molecule has 0 N–H and O–H groups in total. The molecule has 0 radical (unpaired) electrons. The van der Waals surface area contributed by atoms with Crippen molar-refractivity contribution in [3.8, 4) is 0 Å². The van der Waals surface area contributed by atoms with E-state index >= 15 is 4.57 Å². The summed E-state index contributed by atoms with van der Waals surface area (Å²) in [4.78, 5) is 9.32. The molecule has 0 saturated heterocycles. The van der Waals surface area contributed by atoms with Crippen molar-refractivity contribution < 1.29 is 4.57 Å². The van der Waals surface area contributed by atoms with E-state index in [2.05, 4.69) is 70.0 Å². The van der Waals surface area contributed by atoms with Crippen LogP contribution in [0.4, 0.5) is 0 Å². The fraction of sp³-hybridized carbons (Fsp3) is 0. The third-order valence-electron chi connectivity index (χ3n) is 7.72. The summed E-state index contributed by atoms with van der Waals surface area (Å²) < 4.78 is 17.8. The van der Waals surface area contributed by atoms with Crippen molar-refractivity contribution in [3.63, 3.8) is 0 Å². The minimum Gasteiger partial charge on any atom is -0.309 e. The Balaban J connectivity index is 1.63. The molecule has 3 aromatic heterocycles. The van der Waals surface area contributed by atoms with Crippen molar-refractivity contribution in [3.05, 3.63) is 134 Å². The Morgan fingerprint density at radius 2 is 1.28 bits per heavy atom. The monoisotopic (exact) mass is 519 g/mol. The van der Waals surface area contributed by atoms with Gasteiger partial charge in [-0.25, -0.2) is 4.98 Å². The summed E-state index contributed by atoms with van der Waals surface area (Å²) in [5, 5.41) is 7.68. The van der Waals surface area contributed by atoms with Gasteiger partial charge in [0.1, 0.15) is 5.65 Å². The third kappa shape index (κ3) is 3.10. The zero-order valence-corrected chi connectivity index (χ0v) is 21.8. The predicted octanol–water partition coefficient (Wildman–Crippen LogP) is 6.98. The highest BCUT2D eigenvalue weighted by Crippen LogP contribution is 2.46. The number of imidazole rings is 1. The molecule has 1 atom stereocenters. The summed E-state index contributed by atoms with van der Waals surface area (Å²) in [6.07, 6.45) is 3.45. The topological polar surface area (TPSA) is 47.3 Å². The van der Waals surface area contributed by atoms with Crippen LogP contribution < -0.4 is 15.9 Å². The molecule has 0 bridgehead atoms. The Morgan fingerprint density at radius 3 is 2.13 bits per heavy atom. The van der Waals surface area contributed by atoms with Crippen LogP contribution in [0.3, 0.4) is 0 Å². The second-order valence-corrected chi connectivity index (χ2v) is 12.5. The molecule has 0 spiro atoms. The lowest BCUT2D eigenvalue weighted by Gasteiger charge is -2.23. The van der Waals surface area contributed by atoms with Gasteiger partial charge >= 0.3 is 0 Å². The second-order valence-electron chi connectivity index (χ2n) is 9.79. The van der Waals surface area contributed by atoms with Crippen molar-refractivity contribution >= 4 is 72.2 Å². The van der Waals surface area contributed by atoms with E-state index in [-0.39, 0.29) is 0 Å². The van der Waals surface area contributed by atoms with Crippen LogP contribution in [0.25, 0.3) is 49.1 Å². The molecule has 0 aliphatic heterocycles. The van der Waals surface area contributed by atoms with Gasteiger partial charge in [0.05, 0.1) is 16.6 Å². The maximum atomic E-state index is 15.6. The summed E-state index contributed by atoms with van der Waals surface area (Å²) in [6, 6.07) is 40.8. The van der Waals surface area contributed by atoms with E-state index in [4.69, 9.17) is 4.98 Å². The number of hydrogen-bond donors (Lipinski definition) is 0. The van der Waals surface area contributed by atoms with Gasteiger partial charge in [-0.05, 0) is 41.8 Å². The van der Waals surface area contributed by atoms with Crippen molar-refractivity contribution in [1.82, 2.24) is 14.4 Å². The molecule has 8 aromatic rings. The van der Waals surface area contributed by atoms with E-state index in [9.17, 15) is 0 Å². The molecule has 0 aliphatic carbocycles. The largest absolute Gasteiger partial charge is 0.309 e. The number of fused-ring (bicyclic) bond motifs is 10. The van der Waals surface area contributed by atoms with E-state index in [1.165, 1.54) is 0 Å². The Hall–Kier alpha value is -4.79. The maximum absolute atomic E-state index is 15.6. The van der Waals surface area contributed by atoms with Gasteiger partial charge in [-0.1, -0.05) is 84.9 Å². The van der Waals surface area contributed by atoms with Gasteiger partial charge < -0.3 is 4.57 Å². The minimum absolute atomic E-state index is 0.769. The molecule has 0 amide bonds. The Morgan fingerprint density at radius 1 is 0.564 bits per heavy atom. The fourth-order valence-corrected chi connectivity index (χ4v) is 8.89. The van der Waals surface area contributed by atoms with Crippen molar-refractivity contribution in [1.29, 1.82) is 0 Å². The van der Waals surface area contributed by atoms with Gasteiger partial charge in [0, 0.05) is 49.9 Å². The summed E-state index contributed by atoms with van der Waals surface area (Å²) in [7, 11) is -3.26. The molecule has 8 rings (SSSR count). The number of nitrogens with zero attached hydrogens (tertiary/aromatic N) is 3. The molecule has 184 valence electrons. The Kier molecular flexibility index (Phi) is 4.76. The zero-order valence-electron chi connectivity index (χ0n) is 20.9. The molecule has 5 heteroatoms. The lowest BCUT2D eigenvalue weighted by Crippen LogP contribution is -2.25. The SMILES string of the molecule is O=P(c1ccccc1)(c1ccncc1)c1cccc2ccc3c(c4ccccc4n4c5ccccc5nc34)c12. The molecule has 3 heterocycles. The number of rotatable bonds is 3. The van der Waals surface area contributed by atoms with Crippen molar-refractivity contribution in [2.45, 2.75) is 0 Å². The highest BCUT2D eigenvalue weighted by Gasteiger charge is 2.32. The third-order valence-corrected chi connectivity index (χ3v) is 10.8. The van der Waals surface area contributed by atoms with Gasteiger partial charge in [-0.3, -0.25) is 9.38 Å². The highest BCUT2D eigenvalue weighted by atomic mass is 31.2. The van der Waals surface area contributed by atoms with Crippen LogP contribution >= 0.6 is 7.14 Å². The molecule has 0 aliphatic rings. The normalized spacial score (nSPS) is 13.4. The van der Waals surface area contributed by atoms with E-state index in [1.54, 1.807) is 12.4 Å². The quantitative estimate of drug-likeness (QED) is 0.187. The standard InChI is InChI=1S/C34H22N3OP/c38-39(24-10-2-1-3-11-24,25-19-21-35-22-20-25)31-16-8-9-23-17-18-27-33(32(23)31)26-12-4-6-14-29(26)37-30-15-7-5-13-28(30)36-34(27)37/h1-22H. The first kappa shape index (κ1) is 22.2. The maximum Gasteiger partial charge on any atom is 0.171 e. The van der Waals surface area contributed by atoms with Crippen LogP contribution in [0.15, 0.2) is 134 Å². The van der Waals surface area contributed by atoms with Crippen LogP contribution in [0, 0.1) is 0 Å². The summed E-state index contributed by atoms with van der Waals surface area (Å²) in [5.41, 5.74) is 4.01. The Labute approximate surface area is 224 Å². The minimum atomic E-state index is -3.26. The summed E-state index contributed by atoms with van der Waals surface area (Å²) in [6.45, 7) is 0. The van der Waals surface area contributed by atoms with Crippen LogP contribution in [-0.4, -0.2) is 14.4 Å². The first-order valence-corrected chi connectivity index (χ1v) is 14.7. The summed E-state index contributed by atoms with van der Waals surface area (Å²) in [5.74, 6) is 0. The smallest absolute Gasteiger partial charge is 0.171 e. The molecule has 0 saturated carbocycles. The lowest BCUT2D eigenvalue weighted by atomic mass is 9.99. The molecule has 39 heavy (non-hydrogen) atoms. The molecule has 0 fully saturated rings. The molecular formula is C34H22N3OP. The summed E-state index contributed by atoms with van der Waals surface area (Å²) >= 11 is 0. The lowest BCUT2D eigenvalue weighted by molar-refractivity contribution is 0.592. The van der Waals surface area contributed by atoms with E-state index in [0.717, 1.165) is 65.0 Å². The van der Waals surface area contributed by atoms with Gasteiger partial charge in [0.2, 0.25) is 0 Å².